The Labute approximate surface area is 171 Å². The zero-order valence-corrected chi connectivity index (χ0v) is 16.4. The highest BCUT2D eigenvalue weighted by Crippen LogP contribution is 2.22. The number of nitrogens with one attached hydrogen (secondary N) is 1. The monoisotopic (exact) mass is 412 g/mol. The van der Waals surface area contributed by atoms with Gasteiger partial charge in [0, 0.05) is 30.7 Å². The fourth-order valence-electron chi connectivity index (χ4n) is 3.52. The van der Waals surface area contributed by atoms with Gasteiger partial charge in [0.2, 0.25) is 0 Å². The first-order valence-electron chi connectivity index (χ1n) is 9.04. The number of rotatable bonds is 2. The molecule has 5 heterocycles. The molecule has 0 saturated carbocycles. The van der Waals surface area contributed by atoms with Crippen molar-refractivity contribution in [2.45, 2.75) is 13.3 Å². The van der Waals surface area contributed by atoms with Crippen LogP contribution in [0.4, 0.5) is 4.39 Å². The number of hydrogen-bond donors (Lipinski definition) is 1. The van der Waals surface area contributed by atoms with E-state index in [1.165, 1.54) is 16.0 Å². The van der Waals surface area contributed by atoms with Gasteiger partial charge in [-0.15, -0.1) is 12.4 Å². The van der Waals surface area contributed by atoms with E-state index in [2.05, 4.69) is 26.3 Å². The van der Waals surface area contributed by atoms with Gasteiger partial charge >= 0.3 is 5.69 Å². The number of imidazole rings is 1. The van der Waals surface area contributed by atoms with Crippen LogP contribution in [0.2, 0.25) is 0 Å². The van der Waals surface area contributed by atoms with Crippen LogP contribution in [0.15, 0.2) is 47.7 Å². The van der Waals surface area contributed by atoms with E-state index in [4.69, 9.17) is 0 Å². The number of fused-ring (bicyclic) bond motifs is 2. The van der Waals surface area contributed by atoms with E-state index < -0.39 is 11.5 Å². The zero-order valence-electron chi connectivity index (χ0n) is 15.6. The first kappa shape index (κ1) is 19.2. The maximum Gasteiger partial charge on any atom is 0.355 e. The molecular weight excluding hydrogens is 395 g/mol. The van der Waals surface area contributed by atoms with E-state index >= 15 is 0 Å². The summed E-state index contributed by atoms with van der Waals surface area (Å²) in [4.78, 5) is 25.3. The molecular formula is C20H18ClFN6O. The lowest BCUT2D eigenvalue weighted by atomic mass is 10.0. The second kappa shape index (κ2) is 7.38. The zero-order chi connectivity index (χ0) is 19.3. The highest BCUT2D eigenvalue weighted by Gasteiger charge is 2.13. The Hall–Kier alpha value is -3.10. The van der Waals surface area contributed by atoms with Gasteiger partial charge in [0.05, 0.1) is 5.69 Å². The lowest BCUT2D eigenvalue weighted by Gasteiger charge is -2.14. The first-order chi connectivity index (χ1) is 13.6. The third-order valence-electron chi connectivity index (χ3n) is 4.87. The van der Waals surface area contributed by atoms with Crippen molar-refractivity contribution < 1.29 is 4.39 Å². The van der Waals surface area contributed by atoms with Crippen LogP contribution < -0.4 is 11.0 Å². The highest BCUT2D eigenvalue weighted by atomic mass is 35.5. The minimum atomic E-state index is -0.484. The Morgan fingerprint density at radius 3 is 2.76 bits per heavy atom. The van der Waals surface area contributed by atoms with Crippen LogP contribution in [-0.2, 0) is 0 Å². The largest absolute Gasteiger partial charge is 0.355 e. The van der Waals surface area contributed by atoms with E-state index in [1.54, 1.807) is 36.0 Å². The normalized spacial score (nSPS) is 14.1. The number of pyridine rings is 2. The van der Waals surface area contributed by atoms with Crippen molar-refractivity contribution in [3.05, 3.63) is 70.4 Å². The predicted octanol–water partition coefficient (Wildman–Crippen LogP) is 2.65. The van der Waals surface area contributed by atoms with Crippen molar-refractivity contribution in [2.75, 3.05) is 13.1 Å². The van der Waals surface area contributed by atoms with E-state index in [0.29, 0.717) is 16.9 Å². The lowest BCUT2D eigenvalue weighted by molar-refractivity contribution is 0.630. The number of halogens is 2. The number of hydrogen-bond acceptors (Lipinski definition) is 5. The Kier molecular flexibility index (Phi) is 4.89. The molecule has 5 rings (SSSR count). The molecule has 4 aromatic heterocycles. The number of nitrogens with zero attached hydrogens (tertiary/aromatic N) is 5. The lowest BCUT2D eigenvalue weighted by Crippen LogP contribution is -2.22. The van der Waals surface area contributed by atoms with Crippen molar-refractivity contribution in [3.63, 3.8) is 0 Å². The van der Waals surface area contributed by atoms with E-state index in [1.807, 2.05) is 6.07 Å². The summed E-state index contributed by atoms with van der Waals surface area (Å²) in [6.07, 6.45) is 8.19. The van der Waals surface area contributed by atoms with Gasteiger partial charge in [0.25, 0.3) is 0 Å². The molecule has 0 amide bonds. The fraction of sp³-hybridized carbons (Fsp3) is 0.200. The average Bonchev–Trinajstić information content (AvgIpc) is 3.09. The summed E-state index contributed by atoms with van der Waals surface area (Å²) >= 11 is 0. The Balaban J connectivity index is 0.00000205. The molecule has 1 aliphatic rings. The molecule has 4 aromatic rings. The van der Waals surface area contributed by atoms with Gasteiger partial charge in [-0.2, -0.15) is 4.98 Å². The van der Waals surface area contributed by atoms with E-state index in [-0.39, 0.29) is 23.9 Å². The number of aryl methyl sites for hydroxylation is 1. The summed E-state index contributed by atoms with van der Waals surface area (Å²) in [7, 11) is 0. The third-order valence-corrected chi connectivity index (χ3v) is 4.87. The SMILES string of the molecule is Cc1cn2cc(-c3nc(=O)n4cc(C5=CCNCC5)ccc4n3)cc(F)c2n1.Cl. The molecule has 0 fully saturated rings. The van der Waals surface area contributed by atoms with Gasteiger partial charge < -0.3 is 9.72 Å². The summed E-state index contributed by atoms with van der Waals surface area (Å²) in [6, 6.07) is 5.05. The molecule has 7 nitrogen and oxygen atoms in total. The van der Waals surface area contributed by atoms with Crippen LogP contribution >= 0.6 is 12.4 Å². The quantitative estimate of drug-likeness (QED) is 0.547. The third kappa shape index (κ3) is 3.41. The molecule has 0 spiro atoms. The van der Waals surface area contributed by atoms with Gasteiger partial charge in [-0.05, 0) is 49.2 Å². The molecule has 0 unspecified atom stereocenters. The summed E-state index contributed by atoms with van der Waals surface area (Å²) < 4.78 is 17.4. The Morgan fingerprint density at radius 1 is 1.10 bits per heavy atom. The van der Waals surface area contributed by atoms with Gasteiger partial charge in [0.1, 0.15) is 5.65 Å². The standard InChI is InChI=1S/C20H17FN6O.ClH/c1-12-9-26-10-15(8-16(21)19(26)23-12)18-24-17-3-2-14(11-27(17)20(28)25-18)13-4-6-22-7-5-13;/h2-4,8-11,22H,5-7H2,1H3;1H. The van der Waals surface area contributed by atoms with Crippen molar-refractivity contribution in [2.24, 2.45) is 0 Å². The molecule has 0 atom stereocenters. The van der Waals surface area contributed by atoms with Gasteiger partial charge in [-0.3, -0.25) is 4.40 Å². The van der Waals surface area contributed by atoms with E-state index in [9.17, 15) is 9.18 Å². The maximum atomic E-state index is 14.4. The van der Waals surface area contributed by atoms with Crippen molar-refractivity contribution in [1.29, 1.82) is 0 Å². The molecule has 0 aromatic carbocycles. The van der Waals surface area contributed by atoms with Crippen LogP contribution in [0.5, 0.6) is 0 Å². The molecule has 0 bridgehead atoms. The van der Waals surface area contributed by atoms with Crippen molar-refractivity contribution >= 4 is 29.3 Å². The van der Waals surface area contributed by atoms with Crippen molar-refractivity contribution in [3.8, 4) is 11.4 Å². The van der Waals surface area contributed by atoms with Crippen LogP contribution in [0.1, 0.15) is 17.7 Å². The summed E-state index contributed by atoms with van der Waals surface area (Å²) in [5, 5.41) is 3.27. The minimum absolute atomic E-state index is 0. The molecule has 9 heteroatoms. The minimum Gasteiger partial charge on any atom is -0.313 e. The Morgan fingerprint density at radius 2 is 1.97 bits per heavy atom. The molecule has 0 aliphatic carbocycles. The van der Waals surface area contributed by atoms with E-state index in [0.717, 1.165) is 25.1 Å². The average molecular weight is 413 g/mol. The second-order valence-electron chi connectivity index (χ2n) is 6.85. The Bertz CT molecular complexity index is 1330. The maximum absolute atomic E-state index is 14.4. The second-order valence-corrected chi connectivity index (χ2v) is 6.85. The molecule has 0 radical (unpaired) electrons. The van der Waals surface area contributed by atoms with Crippen LogP contribution in [0.25, 0.3) is 28.3 Å². The van der Waals surface area contributed by atoms with Gasteiger partial charge in [-0.25, -0.2) is 19.2 Å². The summed E-state index contributed by atoms with van der Waals surface area (Å²) in [6.45, 7) is 3.52. The topological polar surface area (TPSA) is 76.6 Å². The van der Waals surface area contributed by atoms with Crippen LogP contribution in [0.3, 0.4) is 0 Å². The summed E-state index contributed by atoms with van der Waals surface area (Å²) in [5.74, 6) is -0.298. The molecule has 148 valence electrons. The highest BCUT2D eigenvalue weighted by molar-refractivity contribution is 5.85. The van der Waals surface area contributed by atoms with Crippen molar-refractivity contribution in [1.82, 2.24) is 29.1 Å². The molecule has 29 heavy (non-hydrogen) atoms. The van der Waals surface area contributed by atoms with Crippen LogP contribution in [0, 0.1) is 12.7 Å². The molecule has 0 saturated heterocycles. The fourth-order valence-corrected chi connectivity index (χ4v) is 3.52. The number of aromatic nitrogens is 5. The smallest absolute Gasteiger partial charge is 0.313 e. The molecule has 1 N–H and O–H groups in total. The molecule has 1 aliphatic heterocycles. The van der Waals surface area contributed by atoms with Gasteiger partial charge in [-0.1, -0.05) is 6.08 Å². The van der Waals surface area contributed by atoms with Gasteiger partial charge in [0.15, 0.2) is 17.3 Å². The first-order valence-corrected chi connectivity index (χ1v) is 9.04. The predicted molar refractivity (Wildman–Crippen MR) is 111 cm³/mol. The van der Waals surface area contributed by atoms with Crippen LogP contribution in [-0.4, -0.2) is 36.8 Å². The summed E-state index contributed by atoms with van der Waals surface area (Å²) in [5.41, 5.74) is 3.56.